The molecule has 2 rings (SSSR count). The first-order chi connectivity index (χ1) is 15.4. The van der Waals surface area contributed by atoms with E-state index in [2.05, 4.69) is 15.6 Å². The molecule has 0 spiro atoms. The van der Waals surface area contributed by atoms with E-state index in [0.29, 0.717) is 19.4 Å². The van der Waals surface area contributed by atoms with Crippen molar-refractivity contribution >= 4 is 29.6 Å². The molecule has 0 saturated carbocycles. The van der Waals surface area contributed by atoms with E-state index in [1.165, 1.54) is 11.0 Å². The average Bonchev–Trinajstić information content (AvgIpc) is 2.64. The van der Waals surface area contributed by atoms with Crippen LogP contribution in [0.4, 0.5) is 34.4 Å². The maximum absolute atomic E-state index is 13.0. The molecule has 0 bridgehead atoms. The standard InChI is InChI=1S/C22H31F3N4O5/c1-20(2,3)33-18(31)28-17-14(16(30)22(23,24)25)9-10-15(27-17)26-13-8-7-11-29(12-13)19(32)34-21(4,5)6/h9-10,13H,7-8,11-12H2,1-6H3,(H2,26,27,28,31). The van der Waals surface area contributed by atoms with Crippen molar-refractivity contribution in [1.29, 1.82) is 0 Å². The number of halogens is 3. The van der Waals surface area contributed by atoms with E-state index in [1.54, 1.807) is 41.5 Å². The lowest BCUT2D eigenvalue weighted by molar-refractivity contribution is -0.0885. The summed E-state index contributed by atoms with van der Waals surface area (Å²) in [6.45, 7) is 10.8. The average molecular weight is 489 g/mol. The molecule has 9 nitrogen and oxygen atoms in total. The molecule has 0 aliphatic carbocycles. The summed E-state index contributed by atoms with van der Waals surface area (Å²) in [5.74, 6) is -2.60. The zero-order chi connectivity index (χ0) is 25.9. The van der Waals surface area contributed by atoms with E-state index in [4.69, 9.17) is 9.47 Å². The summed E-state index contributed by atoms with van der Waals surface area (Å²) in [4.78, 5) is 41.9. The van der Waals surface area contributed by atoms with Crippen LogP contribution in [-0.2, 0) is 9.47 Å². The summed E-state index contributed by atoms with van der Waals surface area (Å²) in [7, 11) is 0. The molecule has 1 aromatic heterocycles. The number of ketones is 1. The quantitative estimate of drug-likeness (QED) is 0.575. The number of anilines is 2. The van der Waals surface area contributed by atoms with Gasteiger partial charge in [-0.1, -0.05) is 0 Å². The maximum atomic E-state index is 13.0. The maximum Gasteiger partial charge on any atom is 0.455 e. The zero-order valence-electron chi connectivity index (χ0n) is 20.1. The van der Waals surface area contributed by atoms with Crippen molar-refractivity contribution < 1.29 is 37.0 Å². The van der Waals surface area contributed by atoms with Crippen molar-refractivity contribution in [2.24, 2.45) is 0 Å². The minimum atomic E-state index is -5.15. The Kier molecular flexibility index (Phi) is 8.05. The normalized spacial score (nSPS) is 17.1. The van der Waals surface area contributed by atoms with Crippen LogP contribution in [0.15, 0.2) is 12.1 Å². The van der Waals surface area contributed by atoms with Gasteiger partial charge in [-0.2, -0.15) is 13.2 Å². The van der Waals surface area contributed by atoms with Crippen molar-refractivity contribution in [2.75, 3.05) is 23.7 Å². The number of amides is 2. The summed E-state index contributed by atoms with van der Waals surface area (Å²) in [5.41, 5.74) is -2.38. The number of pyridine rings is 1. The number of Topliss-reactive ketones (excluding diaryl/α,β-unsaturated/α-hetero) is 1. The van der Waals surface area contributed by atoms with Gasteiger partial charge in [0.05, 0.1) is 5.56 Å². The van der Waals surface area contributed by atoms with Crippen molar-refractivity contribution in [1.82, 2.24) is 9.88 Å². The molecular weight excluding hydrogens is 457 g/mol. The van der Waals surface area contributed by atoms with Gasteiger partial charge >= 0.3 is 18.4 Å². The lowest BCUT2D eigenvalue weighted by atomic mass is 10.1. The van der Waals surface area contributed by atoms with E-state index < -0.39 is 46.7 Å². The topological polar surface area (TPSA) is 110 Å². The number of hydrogen-bond acceptors (Lipinski definition) is 7. The van der Waals surface area contributed by atoms with Crippen LogP contribution in [0, 0.1) is 0 Å². The molecule has 1 fully saturated rings. The number of rotatable bonds is 4. The largest absolute Gasteiger partial charge is 0.455 e. The Labute approximate surface area is 196 Å². The molecule has 190 valence electrons. The SMILES string of the molecule is CC(C)(C)OC(=O)Nc1nc(NC2CCCN(C(=O)OC(C)(C)C)C2)ccc1C(=O)C(F)(F)F. The molecule has 1 aromatic rings. The van der Waals surface area contributed by atoms with Gasteiger partial charge in [0.2, 0.25) is 0 Å². The van der Waals surface area contributed by atoms with Crippen LogP contribution in [0.2, 0.25) is 0 Å². The second-order valence-electron chi connectivity index (χ2n) is 9.96. The Balaban J connectivity index is 2.22. The van der Waals surface area contributed by atoms with Gasteiger partial charge in [0.15, 0.2) is 0 Å². The number of ether oxygens (including phenoxy) is 2. The van der Waals surface area contributed by atoms with E-state index in [9.17, 15) is 27.6 Å². The Morgan fingerprint density at radius 2 is 1.65 bits per heavy atom. The van der Waals surface area contributed by atoms with Crippen molar-refractivity contribution in [3.8, 4) is 0 Å². The van der Waals surface area contributed by atoms with Gasteiger partial charge in [-0.25, -0.2) is 14.6 Å². The molecule has 1 unspecified atom stereocenters. The van der Waals surface area contributed by atoms with E-state index >= 15 is 0 Å². The molecule has 12 heteroatoms. The molecule has 1 atom stereocenters. The third-order valence-electron chi connectivity index (χ3n) is 4.44. The number of aromatic nitrogens is 1. The van der Waals surface area contributed by atoms with E-state index in [-0.39, 0.29) is 18.4 Å². The summed E-state index contributed by atoms with van der Waals surface area (Å²) in [5, 5.41) is 5.18. The number of nitrogens with zero attached hydrogens (tertiary/aromatic N) is 2. The van der Waals surface area contributed by atoms with Crippen LogP contribution in [0.5, 0.6) is 0 Å². The number of likely N-dealkylation sites (tertiary alicyclic amines) is 1. The first-order valence-corrected chi connectivity index (χ1v) is 10.8. The van der Waals surface area contributed by atoms with Crippen LogP contribution in [0.25, 0.3) is 0 Å². The number of nitrogens with one attached hydrogen (secondary N) is 2. The number of piperidine rings is 1. The summed E-state index contributed by atoms with van der Waals surface area (Å²) < 4.78 is 49.6. The zero-order valence-corrected chi connectivity index (χ0v) is 20.1. The Morgan fingerprint density at radius 3 is 2.21 bits per heavy atom. The van der Waals surface area contributed by atoms with Crippen LogP contribution >= 0.6 is 0 Å². The summed E-state index contributed by atoms with van der Waals surface area (Å²) in [6, 6.07) is 1.88. The molecule has 2 N–H and O–H groups in total. The Hall–Kier alpha value is -3.05. The van der Waals surface area contributed by atoms with Crippen LogP contribution in [0.1, 0.15) is 64.7 Å². The van der Waals surface area contributed by atoms with Crippen LogP contribution < -0.4 is 10.6 Å². The number of hydrogen-bond donors (Lipinski definition) is 2. The molecule has 34 heavy (non-hydrogen) atoms. The van der Waals surface area contributed by atoms with Crippen molar-refractivity contribution in [3.63, 3.8) is 0 Å². The monoisotopic (exact) mass is 488 g/mol. The fourth-order valence-electron chi connectivity index (χ4n) is 3.17. The Morgan fingerprint density at radius 1 is 1.03 bits per heavy atom. The highest BCUT2D eigenvalue weighted by Crippen LogP contribution is 2.28. The molecule has 0 aromatic carbocycles. The lowest BCUT2D eigenvalue weighted by Crippen LogP contribution is -2.47. The van der Waals surface area contributed by atoms with Crippen molar-refractivity contribution in [3.05, 3.63) is 17.7 Å². The second kappa shape index (κ2) is 10.1. The van der Waals surface area contributed by atoms with Gasteiger partial charge in [0, 0.05) is 19.1 Å². The Bertz CT molecular complexity index is 923. The van der Waals surface area contributed by atoms with E-state index in [0.717, 1.165) is 6.07 Å². The molecule has 2 heterocycles. The predicted octanol–water partition coefficient (Wildman–Crippen LogP) is 4.99. The van der Waals surface area contributed by atoms with Gasteiger partial charge in [0.1, 0.15) is 22.8 Å². The number of carbonyl (C=O) groups excluding carboxylic acids is 3. The molecule has 0 radical (unpaired) electrons. The van der Waals surface area contributed by atoms with Crippen LogP contribution in [-0.4, -0.2) is 64.4 Å². The molecule has 1 aliphatic heterocycles. The van der Waals surface area contributed by atoms with Gasteiger partial charge in [-0.3, -0.25) is 10.1 Å². The van der Waals surface area contributed by atoms with Crippen LogP contribution in [0.3, 0.4) is 0 Å². The lowest BCUT2D eigenvalue weighted by Gasteiger charge is -2.34. The second-order valence-corrected chi connectivity index (χ2v) is 9.96. The van der Waals surface area contributed by atoms with Gasteiger partial charge in [-0.15, -0.1) is 0 Å². The molecule has 1 aliphatic rings. The molecule has 1 saturated heterocycles. The van der Waals surface area contributed by atoms with Crippen molar-refractivity contribution in [2.45, 2.75) is 77.8 Å². The number of carbonyl (C=O) groups is 3. The highest BCUT2D eigenvalue weighted by Gasteiger charge is 2.41. The predicted molar refractivity (Wildman–Crippen MR) is 119 cm³/mol. The van der Waals surface area contributed by atoms with Gasteiger partial charge in [-0.05, 0) is 66.5 Å². The number of alkyl halides is 3. The van der Waals surface area contributed by atoms with Gasteiger partial charge < -0.3 is 19.7 Å². The third kappa shape index (κ3) is 8.38. The molecule has 2 amide bonds. The summed E-state index contributed by atoms with van der Waals surface area (Å²) >= 11 is 0. The highest BCUT2D eigenvalue weighted by molar-refractivity contribution is 6.06. The van der Waals surface area contributed by atoms with E-state index in [1.807, 2.05) is 0 Å². The molecular formula is C22H31F3N4O5. The summed E-state index contributed by atoms with van der Waals surface area (Å²) in [6.07, 6.45) is -5.34. The fraction of sp³-hybridized carbons (Fsp3) is 0.636. The highest BCUT2D eigenvalue weighted by atomic mass is 19.4. The first-order valence-electron chi connectivity index (χ1n) is 10.8. The third-order valence-corrected chi connectivity index (χ3v) is 4.44. The minimum Gasteiger partial charge on any atom is -0.444 e. The van der Waals surface area contributed by atoms with Gasteiger partial charge in [0.25, 0.3) is 5.78 Å². The minimum absolute atomic E-state index is 0.126. The first kappa shape index (κ1) is 27.2. The fourth-order valence-corrected chi connectivity index (χ4v) is 3.17. The smallest absolute Gasteiger partial charge is 0.444 e.